The third kappa shape index (κ3) is 5.55. The molecule has 1 unspecified atom stereocenters. The quantitative estimate of drug-likeness (QED) is 0.602. The molecular weight excluding hydrogens is 328 g/mol. The molecular formula is C21H28N2O3. The predicted molar refractivity (Wildman–Crippen MR) is 101 cm³/mol. The van der Waals surface area contributed by atoms with Crippen molar-refractivity contribution in [3.05, 3.63) is 42.4 Å². The van der Waals surface area contributed by atoms with Crippen LogP contribution in [0, 0.1) is 5.92 Å². The Morgan fingerprint density at radius 3 is 2.54 bits per heavy atom. The van der Waals surface area contributed by atoms with Crippen molar-refractivity contribution in [2.45, 2.75) is 58.3 Å². The standard InChI is InChI=1S/C21H28N2O3/c1-3-17(24)12-8-5-9-13-18(15(2)20(22)25)21-23-14-19(26-21)16-10-6-4-7-11-16/h4,6-7,10-11,14-15,18H,3,5,8-9,12-13H2,1-2H3,(H2,22,25)/t15?,18-/m0/s1. The Kier molecular flexibility index (Phi) is 7.57. The van der Waals surface area contributed by atoms with Crippen LogP contribution in [0.25, 0.3) is 11.3 Å². The number of carbonyl (C=O) groups is 2. The number of oxazole rings is 1. The molecule has 1 heterocycles. The fraction of sp³-hybridized carbons (Fsp3) is 0.476. The molecule has 0 saturated heterocycles. The van der Waals surface area contributed by atoms with Gasteiger partial charge in [-0.05, 0) is 12.8 Å². The molecule has 26 heavy (non-hydrogen) atoms. The highest BCUT2D eigenvalue weighted by molar-refractivity contribution is 5.78. The lowest BCUT2D eigenvalue weighted by molar-refractivity contribution is -0.122. The van der Waals surface area contributed by atoms with Crippen LogP contribution in [-0.4, -0.2) is 16.7 Å². The first kappa shape index (κ1) is 19.9. The average molecular weight is 356 g/mol. The number of aromatic nitrogens is 1. The maximum Gasteiger partial charge on any atom is 0.221 e. The molecule has 5 heteroatoms. The monoisotopic (exact) mass is 356 g/mol. The lowest BCUT2D eigenvalue weighted by atomic mass is 9.88. The van der Waals surface area contributed by atoms with E-state index in [9.17, 15) is 9.59 Å². The Morgan fingerprint density at radius 1 is 1.15 bits per heavy atom. The molecule has 1 aromatic heterocycles. The van der Waals surface area contributed by atoms with Crippen LogP contribution < -0.4 is 5.73 Å². The van der Waals surface area contributed by atoms with Crippen molar-refractivity contribution in [1.82, 2.24) is 4.98 Å². The summed E-state index contributed by atoms with van der Waals surface area (Å²) in [6.45, 7) is 3.71. The van der Waals surface area contributed by atoms with Gasteiger partial charge in [0, 0.05) is 30.2 Å². The highest BCUT2D eigenvalue weighted by Crippen LogP contribution is 2.32. The van der Waals surface area contributed by atoms with Crippen molar-refractivity contribution < 1.29 is 14.0 Å². The van der Waals surface area contributed by atoms with Gasteiger partial charge in [-0.25, -0.2) is 4.98 Å². The fourth-order valence-electron chi connectivity index (χ4n) is 3.02. The van der Waals surface area contributed by atoms with E-state index in [1.165, 1.54) is 0 Å². The van der Waals surface area contributed by atoms with Gasteiger partial charge in [-0.3, -0.25) is 9.59 Å². The summed E-state index contributed by atoms with van der Waals surface area (Å²) in [5.74, 6) is 0.694. The third-order valence-corrected chi connectivity index (χ3v) is 4.82. The van der Waals surface area contributed by atoms with Crippen molar-refractivity contribution in [2.24, 2.45) is 11.7 Å². The molecule has 0 bridgehead atoms. The normalized spacial score (nSPS) is 13.3. The number of benzene rings is 1. The highest BCUT2D eigenvalue weighted by Gasteiger charge is 2.27. The van der Waals surface area contributed by atoms with E-state index in [0.29, 0.717) is 30.3 Å². The molecule has 0 fully saturated rings. The largest absolute Gasteiger partial charge is 0.440 e. The zero-order valence-corrected chi connectivity index (χ0v) is 15.6. The van der Waals surface area contributed by atoms with Crippen LogP contribution in [0.4, 0.5) is 0 Å². The molecule has 0 radical (unpaired) electrons. The van der Waals surface area contributed by atoms with Crippen molar-refractivity contribution in [1.29, 1.82) is 0 Å². The van der Waals surface area contributed by atoms with Gasteiger partial charge in [0.05, 0.1) is 6.20 Å². The zero-order chi connectivity index (χ0) is 18.9. The first-order chi connectivity index (χ1) is 12.5. The Morgan fingerprint density at radius 2 is 1.88 bits per heavy atom. The topological polar surface area (TPSA) is 86.2 Å². The van der Waals surface area contributed by atoms with Crippen molar-refractivity contribution in [3.63, 3.8) is 0 Å². The summed E-state index contributed by atoms with van der Waals surface area (Å²) in [7, 11) is 0. The van der Waals surface area contributed by atoms with Crippen molar-refractivity contribution in [2.75, 3.05) is 0 Å². The van der Waals surface area contributed by atoms with E-state index in [1.54, 1.807) is 6.20 Å². The van der Waals surface area contributed by atoms with E-state index in [-0.39, 0.29) is 17.7 Å². The Balaban J connectivity index is 2.02. The van der Waals surface area contributed by atoms with Gasteiger partial charge in [0.2, 0.25) is 5.91 Å². The van der Waals surface area contributed by atoms with Gasteiger partial charge >= 0.3 is 0 Å². The van der Waals surface area contributed by atoms with E-state index in [1.807, 2.05) is 44.2 Å². The van der Waals surface area contributed by atoms with Gasteiger partial charge < -0.3 is 10.2 Å². The number of rotatable bonds is 11. The number of carbonyl (C=O) groups excluding carboxylic acids is 2. The van der Waals surface area contributed by atoms with Crippen LogP contribution in [0.1, 0.15) is 64.2 Å². The summed E-state index contributed by atoms with van der Waals surface area (Å²) in [6.07, 6.45) is 6.42. The van der Waals surface area contributed by atoms with E-state index in [2.05, 4.69) is 4.98 Å². The van der Waals surface area contributed by atoms with Gasteiger partial charge in [0.15, 0.2) is 11.7 Å². The summed E-state index contributed by atoms with van der Waals surface area (Å²) in [5.41, 5.74) is 6.48. The molecule has 5 nitrogen and oxygen atoms in total. The number of hydrogen-bond donors (Lipinski definition) is 1. The minimum Gasteiger partial charge on any atom is -0.440 e. The van der Waals surface area contributed by atoms with Crippen LogP contribution in [0.15, 0.2) is 40.9 Å². The van der Waals surface area contributed by atoms with Gasteiger partial charge in [0.1, 0.15) is 5.78 Å². The van der Waals surface area contributed by atoms with Gasteiger partial charge in [-0.1, -0.05) is 57.0 Å². The lowest BCUT2D eigenvalue weighted by Crippen LogP contribution is -2.26. The van der Waals surface area contributed by atoms with Crippen molar-refractivity contribution >= 4 is 11.7 Å². The highest BCUT2D eigenvalue weighted by atomic mass is 16.4. The molecule has 2 atom stereocenters. The summed E-state index contributed by atoms with van der Waals surface area (Å²) in [6, 6.07) is 9.75. The molecule has 0 saturated carbocycles. The molecule has 1 amide bonds. The van der Waals surface area contributed by atoms with E-state index in [4.69, 9.17) is 10.2 Å². The smallest absolute Gasteiger partial charge is 0.221 e. The summed E-state index contributed by atoms with van der Waals surface area (Å²) >= 11 is 0. The van der Waals surface area contributed by atoms with Gasteiger partial charge in [-0.2, -0.15) is 0 Å². The molecule has 0 aliphatic rings. The minimum absolute atomic E-state index is 0.146. The molecule has 140 valence electrons. The number of amides is 1. The first-order valence-corrected chi connectivity index (χ1v) is 9.35. The number of unbranched alkanes of at least 4 members (excludes halogenated alkanes) is 2. The molecule has 0 aliphatic carbocycles. The summed E-state index contributed by atoms with van der Waals surface area (Å²) in [5, 5.41) is 0. The number of nitrogens with two attached hydrogens (primary N) is 1. The maximum absolute atomic E-state index is 11.7. The molecule has 2 N–H and O–H groups in total. The Labute approximate surface area is 155 Å². The van der Waals surface area contributed by atoms with Crippen molar-refractivity contribution in [3.8, 4) is 11.3 Å². The van der Waals surface area contributed by atoms with Crippen LogP contribution in [0.5, 0.6) is 0 Å². The Hall–Kier alpha value is -2.43. The molecule has 2 aromatic rings. The van der Waals surface area contributed by atoms with Crippen LogP contribution in [0.3, 0.4) is 0 Å². The second kappa shape index (κ2) is 9.90. The molecule has 0 spiro atoms. The van der Waals surface area contributed by atoms with E-state index < -0.39 is 0 Å². The lowest BCUT2D eigenvalue weighted by Gasteiger charge is -2.18. The molecule has 2 rings (SSSR count). The SMILES string of the molecule is CCC(=O)CCCCC[C@H](c1ncc(-c2ccccc2)o1)C(C)C(N)=O. The van der Waals surface area contributed by atoms with E-state index >= 15 is 0 Å². The van der Waals surface area contributed by atoms with Crippen LogP contribution >= 0.6 is 0 Å². The number of primary amides is 1. The maximum atomic E-state index is 11.7. The summed E-state index contributed by atoms with van der Waals surface area (Å²) < 4.78 is 5.94. The molecule has 0 aliphatic heterocycles. The average Bonchev–Trinajstić information content (AvgIpc) is 3.14. The third-order valence-electron chi connectivity index (χ3n) is 4.82. The fourth-order valence-corrected chi connectivity index (χ4v) is 3.02. The zero-order valence-electron chi connectivity index (χ0n) is 15.6. The van der Waals surface area contributed by atoms with Crippen LogP contribution in [-0.2, 0) is 9.59 Å². The summed E-state index contributed by atoms with van der Waals surface area (Å²) in [4.78, 5) is 27.5. The van der Waals surface area contributed by atoms with Gasteiger partial charge in [0.25, 0.3) is 0 Å². The number of hydrogen-bond acceptors (Lipinski definition) is 4. The second-order valence-electron chi connectivity index (χ2n) is 6.72. The number of nitrogens with zero attached hydrogens (tertiary/aromatic N) is 1. The first-order valence-electron chi connectivity index (χ1n) is 9.35. The van der Waals surface area contributed by atoms with E-state index in [0.717, 1.165) is 31.2 Å². The predicted octanol–water partition coefficient (Wildman–Crippen LogP) is 4.48. The second-order valence-corrected chi connectivity index (χ2v) is 6.72. The van der Waals surface area contributed by atoms with Gasteiger partial charge in [-0.15, -0.1) is 0 Å². The number of ketones is 1. The Bertz CT molecular complexity index is 709. The number of Topliss-reactive ketones (excluding diaryl/α,β-unsaturated/α-hetero) is 1. The minimum atomic E-state index is -0.352. The van der Waals surface area contributed by atoms with Crippen LogP contribution in [0.2, 0.25) is 0 Å². The molecule has 1 aromatic carbocycles.